The van der Waals surface area contributed by atoms with Gasteiger partial charge in [-0.2, -0.15) is 0 Å². The fourth-order valence-corrected chi connectivity index (χ4v) is 3.07. The maximum atomic E-state index is 12.9. The van der Waals surface area contributed by atoms with Crippen molar-refractivity contribution in [2.24, 2.45) is 5.92 Å². The second-order valence-electron chi connectivity index (χ2n) is 6.52. The Morgan fingerprint density at radius 1 is 1.07 bits per heavy atom. The minimum absolute atomic E-state index is 0.0222. The van der Waals surface area contributed by atoms with Crippen LogP contribution in [-0.2, 0) is 16.1 Å². The Kier molecular flexibility index (Phi) is 7.41. The predicted octanol–water partition coefficient (Wildman–Crippen LogP) is 3.93. The number of methoxy groups -OCH3 is 2. The van der Waals surface area contributed by atoms with Crippen molar-refractivity contribution >= 4 is 11.9 Å². The first kappa shape index (κ1) is 20.5. The van der Waals surface area contributed by atoms with Gasteiger partial charge in [-0.05, 0) is 29.2 Å². The van der Waals surface area contributed by atoms with E-state index >= 15 is 0 Å². The zero-order chi connectivity index (χ0) is 19.8. The number of carbonyl (C=O) groups is 2. The van der Waals surface area contributed by atoms with Gasteiger partial charge in [-0.3, -0.25) is 4.79 Å². The molecule has 1 N–H and O–H groups in total. The number of rotatable bonds is 8. The van der Waals surface area contributed by atoms with Crippen molar-refractivity contribution < 1.29 is 19.1 Å². The first-order valence-corrected chi connectivity index (χ1v) is 9.09. The molecule has 0 saturated heterocycles. The van der Waals surface area contributed by atoms with Crippen LogP contribution in [0.25, 0.3) is 0 Å². The normalized spacial score (nSPS) is 12.7. The van der Waals surface area contributed by atoms with Crippen LogP contribution < -0.4 is 10.1 Å². The van der Waals surface area contributed by atoms with Crippen LogP contribution >= 0.6 is 0 Å². The molecule has 2 rings (SSSR count). The fourth-order valence-electron chi connectivity index (χ4n) is 3.07. The van der Waals surface area contributed by atoms with Gasteiger partial charge in [0.1, 0.15) is 11.3 Å². The third kappa shape index (κ3) is 5.09. The van der Waals surface area contributed by atoms with Gasteiger partial charge in [0.25, 0.3) is 0 Å². The maximum absolute atomic E-state index is 12.9. The SMILES string of the molecule is CC[C@H](C)[C@H](C(=O)NCc1ccc(OC)c(C(=O)OC)c1)c1ccccc1. The standard InChI is InChI=1S/C22H27NO4/c1-5-15(2)20(17-9-7-6-8-10-17)21(24)23-14-16-11-12-19(26-3)18(13-16)22(25)27-4/h6-13,15,20H,5,14H2,1-4H3,(H,23,24)/t15-,20-/m0/s1. The second-order valence-corrected chi connectivity index (χ2v) is 6.52. The summed E-state index contributed by atoms with van der Waals surface area (Å²) < 4.78 is 10.00. The number of esters is 1. The van der Waals surface area contributed by atoms with E-state index in [4.69, 9.17) is 9.47 Å². The number of nitrogens with one attached hydrogen (secondary N) is 1. The molecule has 1 amide bonds. The first-order chi connectivity index (χ1) is 13.0. The molecule has 0 radical (unpaired) electrons. The quantitative estimate of drug-likeness (QED) is 0.716. The molecule has 27 heavy (non-hydrogen) atoms. The molecule has 0 aromatic heterocycles. The van der Waals surface area contributed by atoms with Crippen LogP contribution in [0.2, 0.25) is 0 Å². The summed E-state index contributed by atoms with van der Waals surface area (Å²) in [6.45, 7) is 4.49. The van der Waals surface area contributed by atoms with Crippen molar-refractivity contribution in [3.8, 4) is 5.75 Å². The van der Waals surface area contributed by atoms with E-state index in [-0.39, 0.29) is 17.7 Å². The van der Waals surface area contributed by atoms with Crippen molar-refractivity contribution in [3.63, 3.8) is 0 Å². The average molecular weight is 369 g/mol. The predicted molar refractivity (Wildman–Crippen MR) is 105 cm³/mol. The number of ether oxygens (including phenoxy) is 2. The topological polar surface area (TPSA) is 64.6 Å². The molecule has 2 atom stereocenters. The molecule has 0 aliphatic rings. The highest BCUT2D eigenvalue weighted by Crippen LogP contribution is 2.27. The molecule has 0 aliphatic heterocycles. The van der Waals surface area contributed by atoms with Crippen molar-refractivity contribution in [1.82, 2.24) is 5.32 Å². The number of hydrogen-bond donors (Lipinski definition) is 1. The molecule has 2 aromatic rings. The highest BCUT2D eigenvalue weighted by molar-refractivity contribution is 5.92. The van der Waals surface area contributed by atoms with Crippen LogP contribution in [0.15, 0.2) is 48.5 Å². The summed E-state index contributed by atoms with van der Waals surface area (Å²) in [6.07, 6.45) is 0.905. The van der Waals surface area contributed by atoms with E-state index in [0.29, 0.717) is 17.9 Å². The molecule has 0 unspecified atom stereocenters. The van der Waals surface area contributed by atoms with E-state index < -0.39 is 5.97 Å². The highest BCUT2D eigenvalue weighted by Gasteiger charge is 2.25. The zero-order valence-electron chi connectivity index (χ0n) is 16.3. The summed E-state index contributed by atoms with van der Waals surface area (Å²) in [5, 5.41) is 3.00. The summed E-state index contributed by atoms with van der Waals surface area (Å²) in [6, 6.07) is 15.0. The minimum atomic E-state index is -0.471. The van der Waals surface area contributed by atoms with Crippen LogP contribution in [0.4, 0.5) is 0 Å². The second kappa shape index (κ2) is 9.76. The first-order valence-electron chi connectivity index (χ1n) is 9.09. The van der Waals surface area contributed by atoms with Crippen molar-refractivity contribution in [1.29, 1.82) is 0 Å². The molecule has 0 bridgehead atoms. The summed E-state index contributed by atoms with van der Waals surface area (Å²) in [7, 11) is 2.83. The average Bonchev–Trinajstić information content (AvgIpc) is 2.72. The Bertz CT molecular complexity index is 773. The molecule has 0 spiro atoms. The summed E-state index contributed by atoms with van der Waals surface area (Å²) in [5.41, 5.74) is 2.16. The largest absolute Gasteiger partial charge is 0.496 e. The lowest BCUT2D eigenvalue weighted by Crippen LogP contribution is -2.32. The van der Waals surface area contributed by atoms with E-state index in [0.717, 1.165) is 17.5 Å². The Morgan fingerprint density at radius 2 is 1.78 bits per heavy atom. The van der Waals surface area contributed by atoms with E-state index in [1.165, 1.54) is 14.2 Å². The van der Waals surface area contributed by atoms with E-state index in [1.807, 2.05) is 36.4 Å². The van der Waals surface area contributed by atoms with Crippen molar-refractivity contribution in [2.45, 2.75) is 32.7 Å². The molecule has 2 aromatic carbocycles. The molecule has 0 aliphatic carbocycles. The number of carbonyl (C=O) groups excluding carboxylic acids is 2. The molecule has 5 heteroatoms. The molecule has 0 heterocycles. The molecule has 144 valence electrons. The molecular weight excluding hydrogens is 342 g/mol. The molecular formula is C22H27NO4. The Labute approximate surface area is 160 Å². The monoisotopic (exact) mass is 369 g/mol. The summed E-state index contributed by atoms with van der Waals surface area (Å²) >= 11 is 0. The van der Waals surface area contributed by atoms with E-state index in [2.05, 4.69) is 19.2 Å². The van der Waals surface area contributed by atoms with Gasteiger partial charge in [0.05, 0.1) is 20.1 Å². The third-order valence-corrected chi connectivity index (χ3v) is 4.79. The van der Waals surface area contributed by atoms with Gasteiger partial charge in [0.2, 0.25) is 5.91 Å². The van der Waals surface area contributed by atoms with Gasteiger partial charge in [-0.15, -0.1) is 0 Å². The van der Waals surface area contributed by atoms with Gasteiger partial charge in [-0.25, -0.2) is 4.79 Å². The van der Waals surface area contributed by atoms with Gasteiger partial charge in [-0.1, -0.05) is 56.7 Å². The van der Waals surface area contributed by atoms with Gasteiger partial charge >= 0.3 is 5.97 Å². The Morgan fingerprint density at radius 3 is 2.37 bits per heavy atom. The summed E-state index contributed by atoms with van der Waals surface area (Å²) in [5.74, 6) is -0.0464. The minimum Gasteiger partial charge on any atom is -0.496 e. The Balaban J connectivity index is 2.16. The molecule has 0 saturated carbocycles. The number of amides is 1. The van der Waals surface area contributed by atoms with Crippen LogP contribution in [-0.4, -0.2) is 26.1 Å². The van der Waals surface area contributed by atoms with Gasteiger partial charge in [0, 0.05) is 6.54 Å². The Hall–Kier alpha value is -2.82. The highest BCUT2D eigenvalue weighted by atomic mass is 16.5. The van der Waals surface area contributed by atoms with Crippen LogP contribution in [0.1, 0.15) is 47.7 Å². The molecule has 0 fully saturated rings. The van der Waals surface area contributed by atoms with Crippen molar-refractivity contribution in [2.75, 3.05) is 14.2 Å². The van der Waals surface area contributed by atoms with Gasteiger partial charge in [0.15, 0.2) is 0 Å². The smallest absolute Gasteiger partial charge is 0.341 e. The number of benzene rings is 2. The third-order valence-electron chi connectivity index (χ3n) is 4.79. The van der Waals surface area contributed by atoms with Gasteiger partial charge < -0.3 is 14.8 Å². The van der Waals surface area contributed by atoms with Crippen LogP contribution in [0, 0.1) is 5.92 Å². The van der Waals surface area contributed by atoms with Crippen molar-refractivity contribution in [3.05, 3.63) is 65.2 Å². The van der Waals surface area contributed by atoms with E-state index in [1.54, 1.807) is 12.1 Å². The maximum Gasteiger partial charge on any atom is 0.341 e. The lowest BCUT2D eigenvalue weighted by Gasteiger charge is -2.23. The zero-order valence-corrected chi connectivity index (χ0v) is 16.3. The lowest BCUT2D eigenvalue weighted by molar-refractivity contribution is -0.123. The van der Waals surface area contributed by atoms with Crippen LogP contribution in [0.5, 0.6) is 5.75 Å². The van der Waals surface area contributed by atoms with E-state index in [9.17, 15) is 9.59 Å². The summed E-state index contributed by atoms with van der Waals surface area (Å²) in [4.78, 5) is 24.8. The lowest BCUT2D eigenvalue weighted by atomic mass is 9.85. The van der Waals surface area contributed by atoms with Crippen LogP contribution in [0.3, 0.4) is 0 Å². The number of hydrogen-bond acceptors (Lipinski definition) is 4. The molecule has 5 nitrogen and oxygen atoms in total. The fraction of sp³-hybridized carbons (Fsp3) is 0.364.